The van der Waals surface area contributed by atoms with E-state index in [-0.39, 0.29) is 23.4 Å². The minimum absolute atomic E-state index is 0.225. The van der Waals surface area contributed by atoms with Crippen LogP contribution in [0.4, 0.5) is 4.79 Å². The summed E-state index contributed by atoms with van der Waals surface area (Å²) in [6, 6.07) is 11.9. The van der Waals surface area contributed by atoms with E-state index in [4.69, 9.17) is 14.2 Å². The highest BCUT2D eigenvalue weighted by Crippen LogP contribution is 2.39. The summed E-state index contributed by atoms with van der Waals surface area (Å²) < 4.78 is 16.1. The number of nitrogens with one attached hydrogen (secondary N) is 1. The van der Waals surface area contributed by atoms with E-state index in [1.165, 1.54) is 38.5 Å². The van der Waals surface area contributed by atoms with E-state index < -0.39 is 0 Å². The molecule has 2 aromatic rings. The van der Waals surface area contributed by atoms with Crippen molar-refractivity contribution in [1.82, 2.24) is 5.32 Å². The first-order chi connectivity index (χ1) is 18.0. The number of benzene rings is 2. The van der Waals surface area contributed by atoms with Crippen molar-refractivity contribution in [2.75, 3.05) is 38.4 Å². The fraction of sp³-hybridized carbons (Fsp3) is 0.586. The fourth-order valence-electron chi connectivity index (χ4n) is 5.02. The highest BCUT2D eigenvalue weighted by molar-refractivity contribution is 8.76. The molecule has 2 aromatic carbocycles. The predicted octanol–water partition coefficient (Wildman–Crippen LogP) is 7.35. The van der Waals surface area contributed by atoms with Crippen molar-refractivity contribution in [1.29, 1.82) is 0 Å². The Kier molecular flexibility index (Phi) is 12.3. The van der Waals surface area contributed by atoms with Gasteiger partial charge in [-0.1, -0.05) is 78.5 Å². The second kappa shape index (κ2) is 15.4. The molecule has 0 bridgehead atoms. The van der Waals surface area contributed by atoms with Crippen LogP contribution in [0.15, 0.2) is 36.4 Å². The van der Waals surface area contributed by atoms with Gasteiger partial charge in [0.05, 0.1) is 13.0 Å². The summed E-state index contributed by atoms with van der Waals surface area (Å²) in [5, 5.41) is 5.14. The summed E-state index contributed by atoms with van der Waals surface area (Å²) in [6.45, 7) is 5.53. The third-order valence-electron chi connectivity index (χ3n) is 7.12. The molecule has 0 heterocycles. The van der Waals surface area contributed by atoms with Gasteiger partial charge in [0.15, 0.2) is 0 Å². The Morgan fingerprint density at radius 2 is 1.65 bits per heavy atom. The topological polar surface area (TPSA) is 73.9 Å². The van der Waals surface area contributed by atoms with Crippen molar-refractivity contribution < 1.29 is 23.8 Å². The van der Waals surface area contributed by atoms with Crippen molar-refractivity contribution in [3.63, 3.8) is 0 Å². The van der Waals surface area contributed by atoms with Gasteiger partial charge in [-0.25, -0.2) is 4.79 Å². The Bertz CT molecular complexity index is 1000. The summed E-state index contributed by atoms with van der Waals surface area (Å²) in [7, 11) is 4.89. The van der Waals surface area contributed by atoms with Crippen LogP contribution in [-0.4, -0.2) is 50.4 Å². The Balaban J connectivity index is 1.26. The maximum absolute atomic E-state index is 12.5. The number of fused-ring (bicyclic) bond motifs is 1. The van der Waals surface area contributed by atoms with Crippen LogP contribution in [0.2, 0.25) is 0 Å². The molecule has 0 aliphatic heterocycles. The van der Waals surface area contributed by atoms with Crippen LogP contribution in [0.1, 0.15) is 70.3 Å². The molecule has 1 atom stereocenters. The molecule has 1 saturated carbocycles. The number of hydrogen-bond donors (Lipinski definition) is 1. The van der Waals surface area contributed by atoms with E-state index >= 15 is 0 Å². The van der Waals surface area contributed by atoms with E-state index in [0.717, 1.165) is 35.1 Å². The van der Waals surface area contributed by atoms with E-state index in [2.05, 4.69) is 12.2 Å². The van der Waals surface area contributed by atoms with Crippen LogP contribution in [0, 0.1) is 5.41 Å². The maximum atomic E-state index is 12.5. The number of methoxy groups -OCH3 is 1. The zero-order valence-electron chi connectivity index (χ0n) is 22.4. The first-order valence-corrected chi connectivity index (χ1v) is 15.8. The first kappa shape index (κ1) is 29.5. The van der Waals surface area contributed by atoms with Crippen LogP contribution in [0.5, 0.6) is 5.75 Å². The fourth-order valence-corrected chi connectivity index (χ4v) is 6.67. The lowest BCUT2D eigenvalue weighted by Gasteiger charge is -2.37. The molecule has 204 valence electrons. The number of amides is 1. The molecule has 1 amide bonds. The molecule has 3 rings (SSSR count). The Morgan fingerprint density at radius 3 is 2.35 bits per heavy atom. The lowest BCUT2D eigenvalue weighted by atomic mass is 9.71. The predicted molar refractivity (Wildman–Crippen MR) is 155 cm³/mol. The minimum Gasteiger partial charge on any atom is -0.497 e. The van der Waals surface area contributed by atoms with E-state index in [0.29, 0.717) is 24.7 Å². The van der Waals surface area contributed by atoms with Gasteiger partial charge in [-0.15, -0.1) is 0 Å². The monoisotopic (exact) mass is 547 g/mol. The van der Waals surface area contributed by atoms with Crippen molar-refractivity contribution in [3.05, 3.63) is 42.0 Å². The average Bonchev–Trinajstić information content (AvgIpc) is 2.93. The minimum atomic E-state index is -0.332. The normalized spacial score (nSPS) is 15.6. The van der Waals surface area contributed by atoms with Gasteiger partial charge >= 0.3 is 12.1 Å². The molecular weight excluding hydrogens is 506 g/mol. The van der Waals surface area contributed by atoms with Gasteiger partial charge in [0, 0.05) is 18.1 Å². The highest BCUT2D eigenvalue weighted by atomic mass is 33.1. The van der Waals surface area contributed by atoms with Crippen molar-refractivity contribution >= 4 is 44.4 Å². The van der Waals surface area contributed by atoms with E-state index in [1.807, 2.05) is 43.3 Å². The number of esters is 1. The quantitative estimate of drug-likeness (QED) is 0.150. The highest BCUT2D eigenvalue weighted by Gasteiger charge is 2.31. The zero-order chi connectivity index (χ0) is 26.5. The second-order valence-electron chi connectivity index (χ2n) is 9.81. The molecule has 0 saturated heterocycles. The Morgan fingerprint density at radius 1 is 0.973 bits per heavy atom. The Labute approximate surface area is 229 Å². The summed E-state index contributed by atoms with van der Waals surface area (Å²) in [4.78, 5) is 24.6. The number of alkyl carbamates (subject to hydrolysis) is 1. The van der Waals surface area contributed by atoms with Crippen LogP contribution in [0.3, 0.4) is 0 Å². The summed E-state index contributed by atoms with van der Waals surface area (Å²) >= 11 is 0. The van der Waals surface area contributed by atoms with Crippen molar-refractivity contribution in [2.45, 2.75) is 64.7 Å². The standard InChI is InChI=1S/C29H41NO5S2/c1-4-12-29(13-6-5-7-14-29)21-30-28(32)35-16-18-37-36-17-15-34-27(31)22(2)23-8-9-25-20-26(33-3)11-10-24(25)19-23/h8-11,19-20,22H,4-7,12-18,21H2,1-3H3,(H,30,32)/t22-/m1/s1. The third kappa shape index (κ3) is 9.32. The first-order valence-electron chi connectivity index (χ1n) is 13.4. The summed E-state index contributed by atoms with van der Waals surface area (Å²) in [5.41, 5.74) is 1.19. The van der Waals surface area contributed by atoms with Gasteiger partial charge in [0.1, 0.15) is 19.0 Å². The van der Waals surface area contributed by atoms with Crippen LogP contribution >= 0.6 is 21.6 Å². The smallest absolute Gasteiger partial charge is 0.407 e. The summed E-state index contributed by atoms with van der Waals surface area (Å²) in [6.07, 6.45) is 8.24. The molecule has 0 aromatic heterocycles. The largest absolute Gasteiger partial charge is 0.497 e. The van der Waals surface area contributed by atoms with E-state index in [1.54, 1.807) is 28.7 Å². The number of hydrogen-bond acceptors (Lipinski definition) is 7. The molecule has 1 fully saturated rings. The molecule has 1 N–H and O–H groups in total. The van der Waals surface area contributed by atoms with Crippen molar-refractivity contribution in [3.8, 4) is 5.75 Å². The molecule has 6 nitrogen and oxygen atoms in total. The van der Waals surface area contributed by atoms with Gasteiger partial charge in [0.25, 0.3) is 0 Å². The summed E-state index contributed by atoms with van der Waals surface area (Å²) in [5.74, 6) is 1.64. The van der Waals surface area contributed by atoms with Crippen LogP contribution in [-0.2, 0) is 14.3 Å². The maximum Gasteiger partial charge on any atom is 0.407 e. The SMILES string of the molecule is CCCC1(CNC(=O)OCCSSCCOC(=O)[C@H](C)c2ccc3cc(OC)ccc3c2)CCCCC1. The van der Waals surface area contributed by atoms with Gasteiger partial charge in [-0.2, -0.15) is 0 Å². The van der Waals surface area contributed by atoms with Crippen LogP contribution < -0.4 is 10.1 Å². The molecule has 8 heteroatoms. The van der Waals surface area contributed by atoms with Gasteiger partial charge in [0.2, 0.25) is 0 Å². The van der Waals surface area contributed by atoms with Crippen LogP contribution in [0.25, 0.3) is 10.8 Å². The lowest BCUT2D eigenvalue weighted by Crippen LogP contribution is -2.39. The second-order valence-corrected chi connectivity index (χ2v) is 12.5. The van der Waals surface area contributed by atoms with Gasteiger partial charge in [-0.3, -0.25) is 4.79 Å². The van der Waals surface area contributed by atoms with Crippen molar-refractivity contribution in [2.24, 2.45) is 5.41 Å². The average molecular weight is 548 g/mol. The molecule has 0 unspecified atom stereocenters. The lowest BCUT2D eigenvalue weighted by molar-refractivity contribution is -0.144. The van der Waals surface area contributed by atoms with E-state index in [9.17, 15) is 9.59 Å². The number of rotatable bonds is 14. The molecule has 37 heavy (non-hydrogen) atoms. The molecule has 0 spiro atoms. The van der Waals surface area contributed by atoms with Gasteiger partial charge in [-0.05, 0) is 60.1 Å². The number of ether oxygens (including phenoxy) is 3. The molecule has 1 aliphatic rings. The number of carbonyl (C=O) groups is 2. The number of carbonyl (C=O) groups excluding carboxylic acids is 2. The molecule has 1 aliphatic carbocycles. The third-order valence-corrected chi connectivity index (χ3v) is 9.45. The Hall–Kier alpha value is -2.06. The molecular formula is C29H41NO5S2. The molecule has 0 radical (unpaired) electrons. The zero-order valence-corrected chi connectivity index (χ0v) is 24.0. The van der Waals surface area contributed by atoms with Gasteiger partial charge < -0.3 is 19.5 Å².